The SMILES string of the molecule is C=C(c1ccccc1)c1nc(-c2ccccc2)oc1O. The lowest BCUT2D eigenvalue weighted by Crippen LogP contribution is -1.87. The number of benzene rings is 2. The molecule has 0 radical (unpaired) electrons. The molecule has 0 aliphatic carbocycles. The topological polar surface area (TPSA) is 46.3 Å². The van der Waals surface area contributed by atoms with E-state index >= 15 is 0 Å². The molecule has 3 nitrogen and oxygen atoms in total. The number of nitrogens with zero attached hydrogens (tertiary/aromatic N) is 1. The first-order valence-electron chi connectivity index (χ1n) is 6.25. The zero-order valence-corrected chi connectivity index (χ0v) is 10.8. The van der Waals surface area contributed by atoms with Crippen LogP contribution in [0.4, 0.5) is 0 Å². The average Bonchev–Trinajstić information content (AvgIpc) is 2.90. The normalized spacial score (nSPS) is 10.4. The molecule has 20 heavy (non-hydrogen) atoms. The van der Waals surface area contributed by atoms with Crippen LogP contribution in [-0.4, -0.2) is 10.1 Å². The Labute approximate surface area is 116 Å². The molecule has 2 aromatic carbocycles. The number of aromatic nitrogens is 1. The first kappa shape index (κ1) is 12.2. The minimum absolute atomic E-state index is 0.210. The predicted molar refractivity (Wildman–Crippen MR) is 78.2 cm³/mol. The van der Waals surface area contributed by atoms with E-state index in [-0.39, 0.29) is 5.95 Å². The van der Waals surface area contributed by atoms with E-state index in [1.54, 1.807) is 0 Å². The van der Waals surface area contributed by atoms with E-state index in [2.05, 4.69) is 11.6 Å². The Bertz CT molecular complexity index is 730. The van der Waals surface area contributed by atoms with Crippen LogP contribution >= 0.6 is 0 Å². The summed E-state index contributed by atoms with van der Waals surface area (Å²) in [6.45, 7) is 3.98. The van der Waals surface area contributed by atoms with Crippen LogP contribution in [0.25, 0.3) is 17.0 Å². The third-order valence-corrected chi connectivity index (χ3v) is 3.04. The van der Waals surface area contributed by atoms with Gasteiger partial charge in [0.2, 0.25) is 5.89 Å². The van der Waals surface area contributed by atoms with Gasteiger partial charge in [-0.05, 0) is 17.7 Å². The van der Waals surface area contributed by atoms with E-state index < -0.39 is 0 Å². The number of rotatable bonds is 3. The maximum Gasteiger partial charge on any atom is 0.311 e. The van der Waals surface area contributed by atoms with Crippen molar-refractivity contribution in [1.29, 1.82) is 0 Å². The summed E-state index contributed by atoms with van der Waals surface area (Å²) in [6.07, 6.45) is 0. The zero-order valence-electron chi connectivity index (χ0n) is 10.8. The summed E-state index contributed by atoms with van der Waals surface area (Å²) in [6, 6.07) is 19.0. The summed E-state index contributed by atoms with van der Waals surface area (Å²) in [5.74, 6) is 0.174. The monoisotopic (exact) mass is 263 g/mol. The van der Waals surface area contributed by atoms with Gasteiger partial charge in [-0.15, -0.1) is 0 Å². The minimum atomic E-state index is -0.210. The minimum Gasteiger partial charge on any atom is -0.479 e. The highest BCUT2D eigenvalue weighted by Crippen LogP contribution is 2.32. The molecular weight excluding hydrogens is 250 g/mol. The fourth-order valence-corrected chi connectivity index (χ4v) is 1.99. The predicted octanol–water partition coefficient (Wildman–Crippen LogP) is 4.11. The van der Waals surface area contributed by atoms with Crippen molar-refractivity contribution < 1.29 is 9.52 Å². The van der Waals surface area contributed by atoms with Crippen LogP contribution in [0.5, 0.6) is 5.95 Å². The molecule has 0 saturated heterocycles. The van der Waals surface area contributed by atoms with Crippen molar-refractivity contribution in [2.24, 2.45) is 0 Å². The molecule has 0 aliphatic rings. The Morgan fingerprint density at radius 2 is 1.55 bits per heavy atom. The second kappa shape index (κ2) is 5.05. The van der Waals surface area contributed by atoms with Gasteiger partial charge < -0.3 is 9.52 Å². The van der Waals surface area contributed by atoms with E-state index in [0.29, 0.717) is 17.2 Å². The average molecular weight is 263 g/mol. The molecule has 0 atom stereocenters. The lowest BCUT2D eigenvalue weighted by molar-refractivity contribution is 0.336. The molecule has 0 saturated carbocycles. The molecule has 0 unspecified atom stereocenters. The second-order valence-corrected chi connectivity index (χ2v) is 4.38. The quantitative estimate of drug-likeness (QED) is 0.773. The van der Waals surface area contributed by atoms with Crippen molar-refractivity contribution in [3.8, 4) is 17.4 Å². The largest absolute Gasteiger partial charge is 0.479 e. The highest BCUT2D eigenvalue weighted by Gasteiger charge is 2.17. The van der Waals surface area contributed by atoms with Gasteiger partial charge in [0.1, 0.15) is 0 Å². The van der Waals surface area contributed by atoms with E-state index in [1.165, 1.54) is 0 Å². The van der Waals surface area contributed by atoms with Crippen molar-refractivity contribution in [2.45, 2.75) is 0 Å². The summed E-state index contributed by atoms with van der Waals surface area (Å²) in [5, 5.41) is 9.93. The highest BCUT2D eigenvalue weighted by molar-refractivity contribution is 5.78. The summed E-state index contributed by atoms with van der Waals surface area (Å²) >= 11 is 0. The lowest BCUT2D eigenvalue weighted by Gasteiger charge is -2.01. The van der Waals surface area contributed by atoms with E-state index in [4.69, 9.17) is 4.42 Å². The Balaban J connectivity index is 2.00. The molecular formula is C17H13NO2. The smallest absolute Gasteiger partial charge is 0.311 e. The summed E-state index contributed by atoms with van der Waals surface area (Å²) < 4.78 is 5.33. The maximum absolute atomic E-state index is 9.93. The van der Waals surface area contributed by atoms with Gasteiger partial charge in [-0.3, -0.25) is 0 Å². The second-order valence-electron chi connectivity index (χ2n) is 4.38. The first-order chi connectivity index (χ1) is 9.75. The van der Waals surface area contributed by atoms with Gasteiger partial charge in [0.05, 0.1) is 0 Å². The number of hydrogen-bond donors (Lipinski definition) is 1. The summed E-state index contributed by atoms with van der Waals surface area (Å²) in [5.41, 5.74) is 2.72. The Kier molecular flexibility index (Phi) is 3.09. The molecule has 0 amide bonds. The summed E-state index contributed by atoms with van der Waals surface area (Å²) in [4.78, 5) is 4.34. The molecule has 0 bridgehead atoms. The number of oxazole rings is 1. The van der Waals surface area contributed by atoms with Crippen molar-refractivity contribution in [2.75, 3.05) is 0 Å². The van der Waals surface area contributed by atoms with Crippen LogP contribution in [0, 0.1) is 0 Å². The Morgan fingerprint density at radius 1 is 0.950 bits per heavy atom. The van der Waals surface area contributed by atoms with Gasteiger partial charge in [0, 0.05) is 11.1 Å². The van der Waals surface area contributed by atoms with Crippen molar-refractivity contribution in [3.05, 3.63) is 78.5 Å². The Hall–Kier alpha value is -2.81. The number of aromatic hydroxyl groups is 1. The van der Waals surface area contributed by atoms with Crippen LogP contribution in [0.3, 0.4) is 0 Å². The van der Waals surface area contributed by atoms with Gasteiger partial charge in [-0.25, -0.2) is 4.98 Å². The van der Waals surface area contributed by atoms with E-state index in [0.717, 1.165) is 11.1 Å². The molecule has 98 valence electrons. The van der Waals surface area contributed by atoms with Gasteiger partial charge in [-0.1, -0.05) is 55.1 Å². The van der Waals surface area contributed by atoms with Gasteiger partial charge in [0.15, 0.2) is 5.69 Å². The van der Waals surface area contributed by atoms with Gasteiger partial charge >= 0.3 is 5.95 Å². The molecule has 3 heteroatoms. The van der Waals surface area contributed by atoms with E-state index in [9.17, 15) is 5.11 Å². The third kappa shape index (κ3) is 2.21. The lowest BCUT2D eigenvalue weighted by atomic mass is 10.1. The first-order valence-corrected chi connectivity index (χ1v) is 6.25. The fourth-order valence-electron chi connectivity index (χ4n) is 1.99. The molecule has 0 spiro atoms. The van der Waals surface area contributed by atoms with Crippen LogP contribution in [0.15, 0.2) is 71.7 Å². The van der Waals surface area contributed by atoms with Crippen LogP contribution in [0.1, 0.15) is 11.3 Å². The van der Waals surface area contributed by atoms with E-state index in [1.807, 2.05) is 60.7 Å². The van der Waals surface area contributed by atoms with Crippen LogP contribution in [0.2, 0.25) is 0 Å². The van der Waals surface area contributed by atoms with Crippen molar-refractivity contribution >= 4 is 5.57 Å². The van der Waals surface area contributed by atoms with Crippen LogP contribution < -0.4 is 0 Å². The molecule has 3 rings (SSSR count). The van der Waals surface area contributed by atoms with Crippen molar-refractivity contribution in [3.63, 3.8) is 0 Å². The zero-order chi connectivity index (χ0) is 13.9. The molecule has 1 aromatic heterocycles. The van der Waals surface area contributed by atoms with Gasteiger partial charge in [0.25, 0.3) is 0 Å². The summed E-state index contributed by atoms with van der Waals surface area (Å²) in [7, 11) is 0. The molecule has 0 aliphatic heterocycles. The van der Waals surface area contributed by atoms with Crippen molar-refractivity contribution in [1.82, 2.24) is 4.98 Å². The molecule has 1 heterocycles. The highest BCUT2D eigenvalue weighted by atomic mass is 16.5. The molecule has 3 aromatic rings. The molecule has 1 N–H and O–H groups in total. The third-order valence-electron chi connectivity index (χ3n) is 3.04. The Morgan fingerprint density at radius 3 is 2.20 bits per heavy atom. The maximum atomic E-state index is 9.93. The molecule has 0 fully saturated rings. The fraction of sp³-hybridized carbons (Fsp3) is 0. The standard InChI is InChI=1S/C17H13NO2/c1-12(13-8-4-2-5-9-13)15-17(19)20-16(18-15)14-10-6-3-7-11-14/h2-11,19H,1H2. The van der Waals surface area contributed by atoms with Gasteiger partial charge in [-0.2, -0.15) is 0 Å². The number of hydrogen-bond acceptors (Lipinski definition) is 3. The van der Waals surface area contributed by atoms with Crippen LogP contribution in [-0.2, 0) is 0 Å².